The number of aliphatic hydroxyl groups excluding tert-OH is 1. The van der Waals surface area contributed by atoms with Crippen LogP contribution in [0.25, 0.3) is 11.1 Å². The number of aliphatic hydroxyl groups is 1. The van der Waals surface area contributed by atoms with Crippen LogP contribution in [0.5, 0.6) is 11.5 Å². The average molecular weight is 551 g/mol. The number of halogens is 1. The minimum atomic E-state index is -0.635. The summed E-state index contributed by atoms with van der Waals surface area (Å²) in [5.74, 6) is 1.27. The zero-order valence-electron chi connectivity index (χ0n) is 23.9. The molecular weight excluding hydrogens is 511 g/mol. The van der Waals surface area contributed by atoms with Crippen LogP contribution in [-0.4, -0.2) is 39.0 Å². The molecule has 0 heterocycles. The van der Waals surface area contributed by atoms with Crippen LogP contribution in [0.15, 0.2) is 60.7 Å². The normalized spacial score (nSPS) is 14.9. The second-order valence-electron chi connectivity index (χ2n) is 11.1. The van der Waals surface area contributed by atoms with Crippen LogP contribution in [0, 0.1) is 17.2 Å². The highest BCUT2D eigenvalue weighted by molar-refractivity contribution is 5.71. The summed E-state index contributed by atoms with van der Waals surface area (Å²) in [7, 11) is 4.55. The van der Waals surface area contributed by atoms with Crippen LogP contribution in [0.4, 0.5) is 4.39 Å². The van der Waals surface area contributed by atoms with Crippen molar-refractivity contribution in [3.05, 3.63) is 83.2 Å². The van der Waals surface area contributed by atoms with E-state index in [1.165, 1.54) is 13.2 Å². The highest BCUT2D eigenvalue weighted by atomic mass is 19.1. The summed E-state index contributed by atoms with van der Waals surface area (Å²) in [4.78, 5) is 12.0. The Balaban J connectivity index is 1.64. The van der Waals surface area contributed by atoms with Crippen LogP contribution in [0.2, 0.25) is 0 Å². The minimum absolute atomic E-state index is 0.114. The van der Waals surface area contributed by atoms with Crippen molar-refractivity contribution in [2.24, 2.45) is 11.3 Å². The fourth-order valence-electron chi connectivity index (χ4n) is 5.27. The Bertz CT molecular complexity index is 1320. The van der Waals surface area contributed by atoms with Gasteiger partial charge in [-0.3, -0.25) is 4.79 Å². The van der Waals surface area contributed by atoms with E-state index in [2.05, 4.69) is 0 Å². The van der Waals surface area contributed by atoms with Gasteiger partial charge in [-0.15, -0.1) is 0 Å². The van der Waals surface area contributed by atoms with Gasteiger partial charge in [0.2, 0.25) is 0 Å². The fourth-order valence-corrected chi connectivity index (χ4v) is 5.27. The van der Waals surface area contributed by atoms with Crippen molar-refractivity contribution in [3.8, 4) is 22.6 Å². The van der Waals surface area contributed by atoms with Gasteiger partial charge in [-0.05, 0) is 83.3 Å². The summed E-state index contributed by atoms with van der Waals surface area (Å²) in [5.41, 5.74) is 3.10. The molecule has 40 heavy (non-hydrogen) atoms. The first-order valence-electron chi connectivity index (χ1n) is 13.6. The first-order valence-corrected chi connectivity index (χ1v) is 13.6. The first-order chi connectivity index (χ1) is 19.2. The van der Waals surface area contributed by atoms with Gasteiger partial charge >= 0.3 is 5.97 Å². The highest BCUT2D eigenvalue weighted by Crippen LogP contribution is 2.45. The molecule has 0 saturated heterocycles. The number of carbonyl (C=O) groups is 1. The number of carbonyl (C=O) groups excluding carboxylic acids is 1. The summed E-state index contributed by atoms with van der Waals surface area (Å²) >= 11 is 0. The Kier molecular flexibility index (Phi) is 9.48. The van der Waals surface area contributed by atoms with Gasteiger partial charge < -0.3 is 24.1 Å². The summed E-state index contributed by atoms with van der Waals surface area (Å²) in [5, 5.41) is 10.1. The molecule has 0 radical (unpaired) electrons. The molecule has 3 aromatic rings. The number of ether oxygens (including phenoxy) is 4. The average Bonchev–Trinajstić information content (AvgIpc) is 3.81. The third-order valence-corrected chi connectivity index (χ3v) is 7.71. The molecule has 4 rings (SSSR count). The van der Waals surface area contributed by atoms with Crippen molar-refractivity contribution < 1.29 is 33.2 Å². The van der Waals surface area contributed by atoms with E-state index < -0.39 is 11.5 Å². The van der Waals surface area contributed by atoms with Gasteiger partial charge in [0, 0.05) is 18.1 Å². The molecule has 6 nitrogen and oxygen atoms in total. The molecule has 1 N–H and O–H groups in total. The standard InChI is InChI=1S/C33H39FO6/c1-33(2,20-35)32(39-5)29-15-21(9-13-26(29)28-17-24(37-3)12-14-30(28)34)19-40-25-8-6-7-23(16-25)27(22-10-11-22)18-31(36)38-4/h6-9,12-17,22,27,32,35H,10-11,18-20H2,1-5H3/t27?,32-/m1/s1. The first kappa shape index (κ1) is 29.6. The number of esters is 1. The second kappa shape index (κ2) is 12.8. The summed E-state index contributed by atoms with van der Waals surface area (Å²) in [6.45, 7) is 3.98. The largest absolute Gasteiger partial charge is 0.497 e. The molecule has 214 valence electrons. The SMILES string of the molecule is COC(=O)CC(c1cccc(OCc2ccc(-c3cc(OC)ccc3F)c([C@@H](OC)C(C)(C)CO)c2)c1)C1CC1. The van der Waals surface area contributed by atoms with E-state index in [1.807, 2.05) is 56.3 Å². The molecule has 0 bridgehead atoms. The second-order valence-corrected chi connectivity index (χ2v) is 11.1. The Morgan fingerprint density at radius 1 is 1.00 bits per heavy atom. The van der Waals surface area contributed by atoms with E-state index in [-0.39, 0.29) is 30.9 Å². The lowest BCUT2D eigenvalue weighted by molar-refractivity contribution is -0.141. The monoisotopic (exact) mass is 550 g/mol. The Morgan fingerprint density at radius 3 is 2.42 bits per heavy atom. The summed E-state index contributed by atoms with van der Waals surface area (Å²) < 4.78 is 37.4. The molecule has 7 heteroatoms. The highest BCUT2D eigenvalue weighted by Gasteiger charge is 2.35. The van der Waals surface area contributed by atoms with Crippen LogP contribution >= 0.6 is 0 Å². The van der Waals surface area contributed by atoms with Crippen molar-refractivity contribution in [1.82, 2.24) is 0 Å². The Hall–Kier alpha value is -3.42. The molecule has 1 aliphatic rings. The van der Waals surface area contributed by atoms with Crippen LogP contribution < -0.4 is 9.47 Å². The van der Waals surface area contributed by atoms with Gasteiger partial charge in [-0.2, -0.15) is 0 Å². The van der Waals surface area contributed by atoms with E-state index in [0.29, 0.717) is 35.0 Å². The van der Waals surface area contributed by atoms with Gasteiger partial charge in [-0.1, -0.05) is 38.1 Å². The molecule has 1 saturated carbocycles. The smallest absolute Gasteiger partial charge is 0.306 e. The van der Waals surface area contributed by atoms with Crippen molar-refractivity contribution in [2.45, 2.75) is 51.7 Å². The van der Waals surface area contributed by atoms with Gasteiger partial charge in [0.1, 0.15) is 23.9 Å². The Morgan fingerprint density at radius 2 is 1.77 bits per heavy atom. The van der Waals surface area contributed by atoms with Crippen LogP contribution in [0.3, 0.4) is 0 Å². The number of methoxy groups -OCH3 is 3. The van der Waals surface area contributed by atoms with E-state index in [9.17, 15) is 9.90 Å². The fraction of sp³-hybridized carbons (Fsp3) is 0.424. The van der Waals surface area contributed by atoms with E-state index >= 15 is 4.39 Å². The maximum Gasteiger partial charge on any atom is 0.306 e. The molecule has 1 unspecified atom stereocenters. The molecule has 1 aliphatic carbocycles. The van der Waals surface area contributed by atoms with Crippen LogP contribution in [0.1, 0.15) is 61.8 Å². The quantitative estimate of drug-likeness (QED) is 0.235. The predicted molar refractivity (Wildman–Crippen MR) is 152 cm³/mol. The molecule has 0 aliphatic heterocycles. The molecule has 3 aromatic carbocycles. The van der Waals surface area contributed by atoms with Gasteiger partial charge in [0.25, 0.3) is 0 Å². The number of hydrogen-bond acceptors (Lipinski definition) is 6. The lowest BCUT2D eigenvalue weighted by Crippen LogP contribution is -2.28. The predicted octanol–water partition coefficient (Wildman–Crippen LogP) is 6.84. The van der Waals surface area contributed by atoms with Gasteiger partial charge in [0.15, 0.2) is 0 Å². The molecule has 0 amide bonds. The van der Waals surface area contributed by atoms with Crippen molar-refractivity contribution in [2.75, 3.05) is 27.9 Å². The molecule has 1 fully saturated rings. The summed E-state index contributed by atoms with van der Waals surface area (Å²) in [6, 6.07) is 18.2. The lowest BCUT2D eigenvalue weighted by atomic mass is 9.80. The van der Waals surface area contributed by atoms with Crippen molar-refractivity contribution in [1.29, 1.82) is 0 Å². The van der Waals surface area contributed by atoms with Gasteiger partial charge in [0.05, 0.1) is 33.4 Å². The molecular formula is C33H39FO6. The maximum atomic E-state index is 15.1. The number of hydrogen-bond donors (Lipinski definition) is 1. The maximum absolute atomic E-state index is 15.1. The minimum Gasteiger partial charge on any atom is -0.497 e. The third kappa shape index (κ3) is 6.83. The Labute approximate surface area is 236 Å². The van der Waals surface area contributed by atoms with E-state index in [1.54, 1.807) is 26.4 Å². The van der Waals surface area contributed by atoms with Crippen molar-refractivity contribution in [3.63, 3.8) is 0 Å². The molecule has 2 atom stereocenters. The van der Waals surface area contributed by atoms with Gasteiger partial charge in [-0.25, -0.2) is 4.39 Å². The lowest BCUT2D eigenvalue weighted by Gasteiger charge is -2.33. The van der Waals surface area contributed by atoms with E-state index in [4.69, 9.17) is 18.9 Å². The zero-order chi connectivity index (χ0) is 28.9. The third-order valence-electron chi connectivity index (χ3n) is 7.71. The van der Waals surface area contributed by atoms with Crippen molar-refractivity contribution >= 4 is 5.97 Å². The zero-order valence-corrected chi connectivity index (χ0v) is 23.9. The van der Waals surface area contributed by atoms with Crippen LogP contribution in [-0.2, 0) is 20.9 Å². The topological polar surface area (TPSA) is 74.2 Å². The van der Waals surface area contributed by atoms with E-state index in [0.717, 1.165) is 29.5 Å². The number of rotatable bonds is 13. The number of benzene rings is 3. The summed E-state index contributed by atoms with van der Waals surface area (Å²) in [6.07, 6.45) is 2.07. The molecule has 0 spiro atoms. The molecule has 0 aromatic heterocycles.